The number of hydrogen-bond donors (Lipinski definition) is 0. The first-order valence-corrected chi connectivity index (χ1v) is 21.3. The van der Waals surface area contributed by atoms with Gasteiger partial charge < -0.3 is 9.47 Å². The number of fused-ring (bicyclic) bond motifs is 3. The van der Waals surface area contributed by atoms with Gasteiger partial charge in [0.25, 0.3) is 0 Å². The molecule has 0 aliphatic heterocycles. The van der Waals surface area contributed by atoms with Crippen LogP contribution >= 0.6 is 0 Å². The van der Waals surface area contributed by atoms with Gasteiger partial charge in [0.1, 0.15) is 0 Å². The summed E-state index contributed by atoms with van der Waals surface area (Å²) in [7, 11) is 2.20. The summed E-state index contributed by atoms with van der Waals surface area (Å²) in [5.41, 5.74) is 17.4. The minimum atomic E-state index is -0.0859. The lowest BCUT2D eigenvalue weighted by Gasteiger charge is -2.36. The number of benzene rings is 8. The van der Waals surface area contributed by atoms with Crippen LogP contribution in [-0.2, 0) is 5.41 Å². The molecule has 0 amide bonds. The van der Waals surface area contributed by atoms with Gasteiger partial charge >= 0.3 is 0 Å². The fourth-order valence-corrected chi connectivity index (χ4v) is 9.57. The van der Waals surface area contributed by atoms with Gasteiger partial charge in [-0.25, -0.2) is 0 Å². The Hall–Kier alpha value is -6.64. The van der Waals surface area contributed by atoms with Crippen molar-refractivity contribution < 1.29 is 0 Å². The monoisotopic (exact) mass is 764 g/mol. The fourth-order valence-electron chi connectivity index (χ4n) is 9.57. The second-order valence-corrected chi connectivity index (χ2v) is 16.1. The van der Waals surface area contributed by atoms with Crippen LogP contribution in [-0.4, -0.2) is 11.6 Å². The van der Waals surface area contributed by atoms with E-state index in [1.54, 1.807) is 0 Å². The molecule has 0 radical (unpaired) electrons. The lowest BCUT2D eigenvalue weighted by molar-refractivity contribution is 0.426. The van der Waals surface area contributed by atoms with Crippen molar-refractivity contribution in [2.45, 2.75) is 51.9 Å². The van der Waals surface area contributed by atoms with Crippen molar-refractivity contribution >= 4 is 33.2 Å². The van der Waals surface area contributed by atoms with Crippen LogP contribution in [0.25, 0.3) is 60.9 Å². The summed E-state index contributed by atoms with van der Waals surface area (Å²) in [6.45, 7) is 6.87. The summed E-state index contributed by atoms with van der Waals surface area (Å²) in [5, 5.41) is 2.56. The number of hydrogen-bond acceptors (Lipinski definition) is 1. The molecular formula is C57H52N2. The maximum atomic E-state index is 2.44. The van der Waals surface area contributed by atoms with Crippen LogP contribution in [0.5, 0.6) is 0 Å². The minimum absolute atomic E-state index is 0.0859. The zero-order valence-electron chi connectivity index (χ0n) is 34.7. The van der Waals surface area contributed by atoms with Crippen LogP contribution in [0.4, 0.5) is 11.4 Å². The Balaban J connectivity index is 1.06. The topological polar surface area (TPSA) is 8.17 Å². The van der Waals surface area contributed by atoms with Gasteiger partial charge in [0, 0.05) is 45.9 Å². The van der Waals surface area contributed by atoms with Crippen molar-refractivity contribution in [2.75, 3.05) is 11.9 Å². The quantitative estimate of drug-likeness (QED) is 0.120. The molecule has 2 nitrogen and oxygen atoms in total. The number of aryl methyl sites for hydroxylation is 1. The Labute approximate surface area is 350 Å². The zero-order chi connectivity index (χ0) is 40.3. The van der Waals surface area contributed by atoms with Crippen molar-refractivity contribution in [2.24, 2.45) is 0 Å². The highest BCUT2D eigenvalue weighted by molar-refractivity contribution is 6.10. The van der Waals surface area contributed by atoms with E-state index in [0.717, 1.165) is 25.7 Å². The highest BCUT2D eigenvalue weighted by atomic mass is 15.1. The van der Waals surface area contributed by atoms with Crippen molar-refractivity contribution in [1.82, 2.24) is 4.57 Å². The highest BCUT2D eigenvalue weighted by Crippen LogP contribution is 2.44. The molecule has 0 aliphatic carbocycles. The second kappa shape index (κ2) is 16.3. The van der Waals surface area contributed by atoms with Crippen molar-refractivity contribution in [3.05, 3.63) is 211 Å². The number of aromatic nitrogens is 1. The summed E-state index contributed by atoms with van der Waals surface area (Å²) >= 11 is 0. The van der Waals surface area contributed by atoms with Gasteiger partial charge in [-0.2, -0.15) is 0 Å². The summed E-state index contributed by atoms with van der Waals surface area (Å²) < 4.78 is 2.44. The maximum Gasteiger partial charge on any atom is 0.0541 e. The van der Waals surface area contributed by atoms with E-state index in [2.05, 4.69) is 231 Å². The van der Waals surface area contributed by atoms with E-state index in [0.29, 0.717) is 0 Å². The highest BCUT2D eigenvalue weighted by Gasteiger charge is 2.33. The molecule has 290 valence electrons. The lowest BCUT2D eigenvalue weighted by Crippen LogP contribution is -2.28. The van der Waals surface area contributed by atoms with Crippen LogP contribution in [0.3, 0.4) is 0 Å². The third kappa shape index (κ3) is 7.04. The molecule has 0 atom stereocenters. The van der Waals surface area contributed by atoms with E-state index >= 15 is 0 Å². The molecule has 0 unspecified atom stereocenters. The van der Waals surface area contributed by atoms with Gasteiger partial charge in [-0.1, -0.05) is 166 Å². The Morgan fingerprint density at radius 2 is 1.00 bits per heavy atom. The van der Waals surface area contributed by atoms with Crippen molar-refractivity contribution in [3.8, 4) is 39.1 Å². The number of rotatable bonds is 12. The van der Waals surface area contributed by atoms with Gasteiger partial charge in [0.15, 0.2) is 0 Å². The van der Waals surface area contributed by atoms with Gasteiger partial charge in [0.2, 0.25) is 0 Å². The van der Waals surface area contributed by atoms with E-state index < -0.39 is 0 Å². The molecule has 8 aromatic carbocycles. The van der Waals surface area contributed by atoms with Crippen LogP contribution in [0, 0.1) is 6.92 Å². The van der Waals surface area contributed by atoms with Crippen LogP contribution in [0.15, 0.2) is 194 Å². The lowest BCUT2D eigenvalue weighted by atomic mass is 9.68. The van der Waals surface area contributed by atoms with Crippen LogP contribution in [0.1, 0.15) is 56.2 Å². The number of nitrogens with zero attached hydrogens (tertiary/aromatic N) is 2. The zero-order valence-corrected chi connectivity index (χ0v) is 34.7. The molecule has 0 spiro atoms. The van der Waals surface area contributed by atoms with Gasteiger partial charge in [-0.05, 0) is 119 Å². The molecule has 0 fully saturated rings. The number of anilines is 2. The van der Waals surface area contributed by atoms with Crippen molar-refractivity contribution in [1.29, 1.82) is 0 Å². The maximum absolute atomic E-state index is 2.44. The predicted molar refractivity (Wildman–Crippen MR) is 253 cm³/mol. The van der Waals surface area contributed by atoms with E-state index in [1.807, 2.05) is 0 Å². The second-order valence-electron chi connectivity index (χ2n) is 16.1. The van der Waals surface area contributed by atoms with Gasteiger partial charge in [-0.15, -0.1) is 0 Å². The fraction of sp³-hybridized carbons (Fsp3) is 0.158. The summed E-state index contributed by atoms with van der Waals surface area (Å²) in [5.74, 6) is 0. The molecule has 2 heteroatoms. The number of para-hydroxylation sites is 2. The SMILES string of the molecule is CCCC(CCC)(c1ccc(N(C)c2ccccc2-c2cc(-c3ccccc3)ccc2C)cc1)c1ccc(-n2c3ccccc3c3cc(-c4ccccc4)ccc32)cc1. The summed E-state index contributed by atoms with van der Waals surface area (Å²) in [6, 6.07) is 71.7. The van der Waals surface area contributed by atoms with E-state index in [1.165, 1.54) is 88.9 Å². The van der Waals surface area contributed by atoms with E-state index in [4.69, 9.17) is 0 Å². The predicted octanol–water partition coefficient (Wildman–Crippen LogP) is 15.7. The third-order valence-electron chi connectivity index (χ3n) is 12.5. The normalized spacial score (nSPS) is 11.7. The molecule has 0 saturated carbocycles. The van der Waals surface area contributed by atoms with Gasteiger partial charge in [-0.3, -0.25) is 0 Å². The molecule has 59 heavy (non-hydrogen) atoms. The molecule has 1 heterocycles. The van der Waals surface area contributed by atoms with E-state index in [-0.39, 0.29) is 5.41 Å². The van der Waals surface area contributed by atoms with E-state index in [9.17, 15) is 0 Å². The van der Waals surface area contributed by atoms with Crippen LogP contribution < -0.4 is 4.90 Å². The standard InChI is InChI=1S/C57H52N2/c1-5-37-57(38-6-2,47-30-34-49(35-31-47)59-55-24-16-14-22-51(55)53-40-45(27-36-56(53)59)43-19-11-8-12-20-43)46-28-32-48(33-29-46)58(4)54-23-15-13-21-50(54)52-39-44(26-25-41(52)3)42-17-9-7-10-18-42/h7-36,39-40H,5-6,37-38H2,1-4H3. The Bertz CT molecular complexity index is 2840. The smallest absolute Gasteiger partial charge is 0.0541 e. The molecular weight excluding hydrogens is 713 g/mol. The molecule has 9 aromatic rings. The first-order valence-electron chi connectivity index (χ1n) is 21.3. The third-order valence-corrected chi connectivity index (χ3v) is 12.5. The molecule has 0 aliphatic rings. The van der Waals surface area contributed by atoms with Crippen molar-refractivity contribution in [3.63, 3.8) is 0 Å². The minimum Gasteiger partial charge on any atom is -0.344 e. The molecule has 9 rings (SSSR count). The molecule has 0 N–H and O–H groups in total. The summed E-state index contributed by atoms with van der Waals surface area (Å²) in [4.78, 5) is 2.35. The molecule has 1 aromatic heterocycles. The van der Waals surface area contributed by atoms with Gasteiger partial charge in [0.05, 0.1) is 11.0 Å². The first-order chi connectivity index (χ1) is 29.0. The largest absolute Gasteiger partial charge is 0.344 e. The average Bonchev–Trinajstić information content (AvgIpc) is 3.63. The summed E-state index contributed by atoms with van der Waals surface area (Å²) in [6.07, 6.45) is 4.39. The Morgan fingerprint density at radius 1 is 0.458 bits per heavy atom. The Morgan fingerprint density at radius 3 is 1.66 bits per heavy atom. The van der Waals surface area contributed by atoms with Crippen LogP contribution in [0.2, 0.25) is 0 Å². The first kappa shape index (κ1) is 37.9. The molecule has 0 saturated heterocycles. The molecule has 0 bridgehead atoms. The average molecular weight is 765 g/mol. The Kier molecular flexibility index (Phi) is 10.5.